The van der Waals surface area contributed by atoms with Gasteiger partial charge in [-0.25, -0.2) is 0 Å². The Kier molecular flexibility index (Phi) is 46.6. The van der Waals surface area contributed by atoms with Crippen LogP contribution >= 0.6 is 0 Å². The van der Waals surface area contributed by atoms with Gasteiger partial charge in [-0.05, 0) is 57.8 Å². The lowest BCUT2D eigenvalue weighted by Crippen LogP contribution is -2.45. The standard InChI is InChI=1S/C52H99NO5/c1-3-5-7-9-11-13-15-17-18-19-20-21-23-25-30-34-38-42-46-52(57)58-47-43-39-35-31-27-26-29-33-37-41-45-51(56)53-49(48-54)50(55)44-40-36-32-28-24-22-16-14-12-10-8-6-4-2/h27,31,40,44,49-50,54-55H,3-26,28-30,32-39,41-43,45-48H2,1-2H3,(H,53,56)/b31-27-,44-40+. The van der Waals surface area contributed by atoms with E-state index in [0.717, 1.165) is 77.0 Å². The molecule has 6 heteroatoms. The van der Waals surface area contributed by atoms with E-state index in [1.165, 1.54) is 167 Å². The van der Waals surface area contributed by atoms with Crippen molar-refractivity contribution in [2.24, 2.45) is 0 Å². The van der Waals surface area contributed by atoms with Crippen LogP contribution in [0.2, 0.25) is 0 Å². The van der Waals surface area contributed by atoms with E-state index in [9.17, 15) is 19.8 Å². The zero-order chi connectivity index (χ0) is 42.3. The summed E-state index contributed by atoms with van der Waals surface area (Å²) in [7, 11) is 0. The second-order valence-electron chi connectivity index (χ2n) is 17.5. The van der Waals surface area contributed by atoms with E-state index in [4.69, 9.17) is 4.74 Å². The van der Waals surface area contributed by atoms with Crippen LogP contribution in [-0.4, -0.2) is 47.4 Å². The van der Waals surface area contributed by atoms with Gasteiger partial charge in [0.25, 0.3) is 0 Å². The van der Waals surface area contributed by atoms with E-state index in [-0.39, 0.29) is 18.5 Å². The van der Waals surface area contributed by atoms with E-state index in [2.05, 4.69) is 31.3 Å². The number of unbranched alkanes of at least 4 members (excludes halogenated alkanes) is 34. The summed E-state index contributed by atoms with van der Waals surface area (Å²) in [6.07, 6.45) is 56.1. The average Bonchev–Trinajstić information content (AvgIpc) is 3.22. The number of hydrogen-bond acceptors (Lipinski definition) is 5. The molecule has 0 heterocycles. The fraction of sp³-hybridized carbons (Fsp3) is 0.885. The molecule has 3 N–H and O–H groups in total. The number of allylic oxidation sites excluding steroid dienone is 3. The van der Waals surface area contributed by atoms with Crippen molar-refractivity contribution in [3.8, 4) is 0 Å². The Morgan fingerprint density at radius 2 is 0.810 bits per heavy atom. The Bertz CT molecular complexity index is 904. The maximum absolute atomic E-state index is 12.4. The Labute approximate surface area is 361 Å². The largest absolute Gasteiger partial charge is 0.466 e. The Morgan fingerprint density at radius 1 is 0.466 bits per heavy atom. The normalized spacial score (nSPS) is 12.8. The molecule has 0 saturated heterocycles. The van der Waals surface area contributed by atoms with Crippen LogP contribution < -0.4 is 5.32 Å². The number of aliphatic hydroxyl groups excluding tert-OH is 2. The van der Waals surface area contributed by atoms with E-state index < -0.39 is 12.1 Å². The number of amides is 1. The lowest BCUT2D eigenvalue weighted by atomic mass is 10.0. The van der Waals surface area contributed by atoms with E-state index in [1.807, 2.05) is 6.08 Å². The summed E-state index contributed by atoms with van der Waals surface area (Å²) in [5.41, 5.74) is 0. The molecule has 58 heavy (non-hydrogen) atoms. The minimum absolute atomic E-state index is 0.0345. The van der Waals surface area contributed by atoms with Crippen molar-refractivity contribution in [3.63, 3.8) is 0 Å². The summed E-state index contributed by atoms with van der Waals surface area (Å²) in [5, 5.41) is 23.0. The van der Waals surface area contributed by atoms with Crippen molar-refractivity contribution in [1.82, 2.24) is 5.32 Å². The smallest absolute Gasteiger partial charge is 0.305 e. The average molecular weight is 818 g/mol. The van der Waals surface area contributed by atoms with Gasteiger partial charge in [0.1, 0.15) is 0 Å². The molecule has 342 valence electrons. The molecule has 0 aromatic carbocycles. The summed E-state index contributed by atoms with van der Waals surface area (Å²) in [6, 6.07) is -0.651. The van der Waals surface area contributed by atoms with Crippen LogP contribution in [0.5, 0.6) is 0 Å². The molecule has 0 saturated carbocycles. The van der Waals surface area contributed by atoms with Crippen LogP contribution in [0.4, 0.5) is 0 Å². The molecule has 0 spiro atoms. The van der Waals surface area contributed by atoms with Crippen molar-refractivity contribution in [3.05, 3.63) is 24.3 Å². The maximum Gasteiger partial charge on any atom is 0.305 e. The molecular formula is C52H99NO5. The van der Waals surface area contributed by atoms with Gasteiger partial charge in [0, 0.05) is 12.8 Å². The molecule has 0 radical (unpaired) electrons. The fourth-order valence-corrected chi connectivity index (χ4v) is 7.74. The summed E-state index contributed by atoms with van der Waals surface area (Å²) < 4.78 is 5.44. The second-order valence-corrected chi connectivity index (χ2v) is 17.5. The maximum atomic E-state index is 12.4. The third kappa shape index (κ3) is 43.9. The SMILES string of the molecule is CCCCCCCCCCCCC/C=C/C(O)C(CO)NC(=O)CCCCCC/C=C\CCCCOC(=O)CCCCCCCCCCCCCCCCCCCC. The van der Waals surface area contributed by atoms with Gasteiger partial charge in [0.15, 0.2) is 0 Å². The number of aliphatic hydroxyl groups is 2. The molecule has 2 atom stereocenters. The third-order valence-electron chi connectivity index (χ3n) is 11.7. The van der Waals surface area contributed by atoms with Crippen molar-refractivity contribution in [2.45, 2.75) is 283 Å². The number of nitrogens with one attached hydrogen (secondary N) is 1. The number of ether oxygens (including phenoxy) is 1. The summed E-state index contributed by atoms with van der Waals surface area (Å²) in [5.74, 6) is -0.138. The molecule has 1 amide bonds. The summed E-state index contributed by atoms with van der Waals surface area (Å²) in [6.45, 7) is 4.81. The Hall–Kier alpha value is -1.66. The minimum atomic E-state index is -0.864. The van der Waals surface area contributed by atoms with Crippen LogP contribution in [0.3, 0.4) is 0 Å². The highest BCUT2D eigenvalue weighted by molar-refractivity contribution is 5.76. The molecule has 0 aliphatic heterocycles. The number of esters is 1. The molecule has 0 bridgehead atoms. The molecule has 6 nitrogen and oxygen atoms in total. The van der Waals surface area contributed by atoms with Crippen molar-refractivity contribution < 1.29 is 24.5 Å². The predicted octanol–water partition coefficient (Wildman–Crippen LogP) is 15.1. The zero-order valence-electron chi connectivity index (χ0n) is 38.8. The first-order valence-electron chi connectivity index (χ1n) is 25.6. The fourth-order valence-electron chi connectivity index (χ4n) is 7.74. The van der Waals surface area contributed by atoms with Gasteiger partial charge in [-0.2, -0.15) is 0 Å². The van der Waals surface area contributed by atoms with E-state index in [0.29, 0.717) is 19.4 Å². The van der Waals surface area contributed by atoms with Crippen LogP contribution in [-0.2, 0) is 14.3 Å². The zero-order valence-corrected chi connectivity index (χ0v) is 38.8. The first-order chi connectivity index (χ1) is 28.5. The van der Waals surface area contributed by atoms with Gasteiger partial charge in [-0.15, -0.1) is 0 Å². The van der Waals surface area contributed by atoms with Gasteiger partial charge < -0.3 is 20.3 Å². The molecular weight excluding hydrogens is 719 g/mol. The Balaban J connectivity index is 3.52. The quantitative estimate of drug-likeness (QED) is 0.0323. The molecule has 0 aromatic rings. The number of carbonyl (C=O) groups is 2. The molecule has 0 aliphatic rings. The first kappa shape index (κ1) is 56.3. The molecule has 0 aliphatic carbocycles. The van der Waals surface area contributed by atoms with Gasteiger partial charge in [0.2, 0.25) is 5.91 Å². The predicted molar refractivity (Wildman–Crippen MR) is 250 cm³/mol. The minimum Gasteiger partial charge on any atom is -0.466 e. The number of carbonyl (C=O) groups excluding carboxylic acids is 2. The third-order valence-corrected chi connectivity index (χ3v) is 11.7. The van der Waals surface area contributed by atoms with Crippen molar-refractivity contribution in [2.75, 3.05) is 13.2 Å². The monoisotopic (exact) mass is 818 g/mol. The number of hydrogen-bond donors (Lipinski definition) is 3. The van der Waals surface area contributed by atoms with Crippen molar-refractivity contribution in [1.29, 1.82) is 0 Å². The van der Waals surface area contributed by atoms with Crippen LogP contribution in [0.25, 0.3) is 0 Å². The molecule has 0 rings (SSSR count). The second kappa shape index (κ2) is 48.0. The topological polar surface area (TPSA) is 95.9 Å². The van der Waals surface area contributed by atoms with Crippen LogP contribution in [0.15, 0.2) is 24.3 Å². The van der Waals surface area contributed by atoms with Crippen LogP contribution in [0, 0.1) is 0 Å². The van der Waals surface area contributed by atoms with Gasteiger partial charge in [0.05, 0.1) is 25.4 Å². The summed E-state index contributed by atoms with van der Waals surface area (Å²) >= 11 is 0. The molecule has 0 fully saturated rings. The van der Waals surface area contributed by atoms with E-state index >= 15 is 0 Å². The highest BCUT2D eigenvalue weighted by Gasteiger charge is 2.18. The Morgan fingerprint density at radius 3 is 1.22 bits per heavy atom. The summed E-state index contributed by atoms with van der Waals surface area (Å²) in [4.78, 5) is 24.4. The lowest BCUT2D eigenvalue weighted by molar-refractivity contribution is -0.143. The van der Waals surface area contributed by atoms with E-state index in [1.54, 1.807) is 6.08 Å². The highest BCUT2D eigenvalue weighted by atomic mass is 16.5. The highest BCUT2D eigenvalue weighted by Crippen LogP contribution is 2.16. The number of rotatable bonds is 47. The first-order valence-corrected chi connectivity index (χ1v) is 25.6. The molecule has 2 unspecified atom stereocenters. The molecule has 0 aromatic heterocycles. The van der Waals surface area contributed by atoms with Gasteiger partial charge in [-0.1, -0.05) is 224 Å². The van der Waals surface area contributed by atoms with Gasteiger partial charge >= 0.3 is 5.97 Å². The van der Waals surface area contributed by atoms with Gasteiger partial charge in [-0.3, -0.25) is 9.59 Å². The van der Waals surface area contributed by atoms with Crippen molar-refractivity contribution >= 4 is 11.9 Å². The van der Waals surface area contributed by atoms with Crippen LogP contribution in [0.1, 0.15) is 271 Å². The lowest BCUT2D eigenvalue weighted by Gasteiger charge is -2.20.